The van der Waals surface area contributed by atoms with Crippen molar-refractivity contribution >= 4 is 0 Å². The van der Waals surface area contributed by atoms with Gasteiger partial charge in [-0.2, -0.15) is 0 Å². The van der Waals surface area contributed by atoms with Crippen LogP contribution in [0.2, 0.25) is 0 Å². The lowest BCUT2D eigenvalue weighted by atomic mass is 9.70. The first-order valence-corrected chi connectivity index (χ1v) is 8.12. The molecule has 0 spiro atoms. The summed E-state index contributed by atoms with van der Waals surface area (Å²) in [5.41, 5.74) is 0. The first kappa shape index (κ1) is 17.0. The van der Waals surface area contributed by atoms with E-state index in [4.69, 9.17) is 0 Å². The van der Waals surface area contributed by atoms with Crippen molar-refractivity contribution < 1.29 is 0 Å². The Bertz CT molecular complexity index is 161. The summed E-state index contributed by atoms with van der Waals surface area (Å²) in [5, 5.41) is 0. The maximum Gasteiger partial charge on any atom is -0.0358 e. The lowest BCUT2D eigenvalue weighted by Gasteiger charge is -2.35. The first-order chi connectivity index (χ1) is 8.12. The summed E-state index contributed by atoms with van der Waals surface area (Å²) in [5.74, 6) is 3.76. The van der Waals surface area contributed by atoms with E-state index in [9.17, 15) is 0 Å². The molecule has 0 nitrogen and oxygen atoms in total. The minimum atomic E-state index is 0.908. The standard InChI is InChI=1S/C17H36/c1-7-11-15(6)17(13-9-3)16(12-8-2)14(5)10-4/h14-17H,7-13H2,1-6H3. The zero-order valence-electron chi connectivity index (χ0n) is 13.3. The molecule has 0 aromatic heterocycles. The Morgan fingerprint density at radius 3 is 1.35 bits per heavy atom. The summed E-state index contributed by atoms with van der Waals surface area (Å²) in [7, 11) is 0. The summed E-state index contributed by atoms with van der Waals surface area (Å²) in [6.07, 6.45) is 9.71. The number of hydrogen-bond donors (Lipinski definition) is 0. The highest BCUT2D eigenvalue weighted by molar-refractivity contribution is 4.78. The number of hydrogen-bond acceptors (Lipinski definition) is 0. The molecule has 0 aliphatic heterocycles. The molecule has 0 fully saturated rings. The van der Waals surface area contributed by atoms with E-state index < -0.39 is 0 Å². The fourth-order valence-corrected chi connectivity index (χ4v) is 3.48. The molecule has 0 aliphatic carbocycles. The molecule has 0 aliphatic rings. The largest absolute Gasteiger partial charge is 0.0654 e. The van der Waals surface area contributed by atoms with Crippen molar-refractivity contribution in [2.45, 2.75) is 86.5 Å². The molecule has 4 unspecified atom stereocenters. The molecule has 0 N–H and O–H groups in total. The van der Waals surface area contributed by atoms with Crippen LogP contribution in [0.3, 0.4) is 0 Å². The van der Waals surface area contributed by atoms with Gasteiger partial charge in [-0.25, -0.2) is 0 Å². The Morgan fingerprint density at radius 2 is 1.00 bits per heavy atom. The van der Waals surface area contributed by atoms with Crippen molar-refractivity contribution in [2.24, 2.45) is 23.7 Å². The van der Waals surface area contributed by atoms with Crippen LogP contribution in [-0.4, -0.2) is 0 Å². The zero-order valence-corrected chi connectivity index (χ0v) is 13.3. The molecule has 0 aromatic rings. The Balaban J connectivity index is 4.67. The second-order valence-corrected chi connectivity index (χ2v) is 6.06. The van der Waals surface area contributed by atoms with Crippen LogP contribution in [0.5, 0.6) is 0 Å². The molecule has 0 amide bonds. The molecule has 0 saturated carbocycles. The minimum Gasteiger partial charge on any atom is -0.0654 e. The molecule has 0 radical (unpaired) electrons. The summed E-state index contributed by atoms with van der Waals surface area (Å²) >= 11 is 0. The van der Waals surface area contributed by atoms with Gasteiger partial charge < -0.3 is 0 Å². The van der Waals surface area contributed by atoms with Gasteiger partial charge in [-0.15, -0.1) is 0 Å². The highest BCUT2D eigenvalue weighted by Gasteiger charge is 2.28. The Labute approximate surface area is 111 Å². The zero-order chi connectivity index (χ0) is 13.3. The van der Waals surface area contributed by atoms with E-state index in [2.05, 4.69) is 41.5 Å². The van der Waals surface area contributed by atoms with Gasteiger partial charge in [0, 0.05) is 0 Å². The summed E-state index contributed by atoms with van der Waals surface area (Å²) in [6, 6.07) is 0. The molecule has 0 rings (SSSR count). The fourth-order valence-electron chi connectivity index (χ4n) is 3.48. The monoisotopic (exact) mass is 240 g/mol. The smallest absolute Gasteiger partial charge is 0.0358 e. The minimum absolute atomic E-state index is 0.908. The van der Waals surface area contributed by atoms with Crippen molar-refractivity contribution in [1.29, 1.82) is 0 Å². The van der Waals surface area contributed by atoms with Crippen LogP contribution in [0.15, 0.2) is 0 Å². The molecule has 0 saturated heterocycles. The fraction of sp³-hybridized carbons (Fsp3) is 1.00. The van der Waals surface area contributed by atoms with E-state index in [0.29, 0.717) is 0 Å². The maximum absolute atomic E-state index is 2.49. The van der Waals surface area contributed by atoms with Gasteiger partial charge in [-0.05, 0) is 23.7 Å². The third-order valence-electron chi connectivity index (χ3n) is 4.64. The average molecular weight is 240 g/mol. The molecule has 104 valence electrons. The average Bonchev–Trinajstić information content (AvgIpc) is 2.33. The van der Waals surface area contributed by atoms with Crippen LogP contribution in [-0.2, 0) is 0 Å². The van der Waals surface area contributed by atoms with Crippen LogP contribution in [0.1, 0.15) is 86.5 Å². The Morgan fingerprint density at radius 1 is 0.588 bits per heavy atom. The summed E-state index contributed by atoms with van der Waals surface area (Å²) < 4.78 is 0. The maximum atomic E-state index is 2.49. The SMILES string of the molecule is CCCC(C)C(CCC)C(CCC)C(C)CC. The lowest BCUT2D eigenvalue weighted by molar-refractivity contribution is 0.144. The van der Waals surface area contributed by atoms with Crippen LogP contribution >= 0.6 is 0 Å². The highest BCUT2D eigenvalue weighted by atomic mass is 14.3. The van der Waals surface area contributed by atoms with E-state index in [1.165, 1.54) is 44.9 Å². The molecule has 0 bridgehead atoms. The molecule has 0 aromatic carbocycles. The Kier molecular flexibility index (Phi) is 9.97. The normalized spacial score (nSPS) is 18.7. The van der Waals surface area contributed by atoms with E-state index in [-0.39, 0.29) is 0 Å². The van der Waals surface area contributed by atoms with Gasteiger partial charge in [-0.3, -0.25) is 0 Å². The van der Waals surface area contributed by atoms with Gasteiger partial charge in [0.2, 0.25) is 0 Å². The highest BCUT2D eigenvalue weighted by Crippen LogP contribution is 2.37. The van der Waals surface area contributed by atoms with Gasteiger partial charge >= 0.3 is 0 Å². The van der Waals surface area contributed by atoms with Crippen molar-refractivity contribution in [1.82, 2.24) is 0 Å². The van der Waals surface area contributed by atoms with Crippen molar-refractivity contribution in [3.63, 3.8) is 0 Å². The molecule has 4 atom stereocenters. The molecular formula is C17H36. The van der Waals surface area contributed by atoms with E-state index >= 15 is 0 Å². The van der Waals surface area contributed by atoms with Gasteiger partial charge in [0.05, 0.1) is 0 Å². The van der Waals surface area contributed by atoms with Gasteiger partial charge in [0.1, 0.15) is 0 Å². The summed E-state index contributed by atoms with van der Waals surface area (Å²) in [6.45, 7) is 14.4. The predicted octanol–water partition coefficient (Wildman–Crippen LogP) is 6.30. The lowest BCUT2D eigenvalue weighted by Crippen LogP contribution is -2.27. The second kappa shape index (κ2) is 9.97. The van der Waals surface area contributed by atoms with Crippen LogP contribution in [0.25, 0.3) is 0 Å². The topological polar surface area (TPSA) is 0 Å². The molecular weight excluding hydrogens is 204 g/mol. The van der Waals surface area contributed by atoms with E-state index in [1.54, 1.807) is 0 Å². The second-order valence-electron chi connectivity index (χ2n) is 6.06. The van der Waals surface area contributed by atoms with Crippen molar-refractivity contribution in [2.75, 3.05) is 0 Å². The van der Waals surface area contributed by atoms with Crippen molar-refractivity contribution in [3.8, 4) is 0 Å². The van der Waals surface area contributed by atoms with Crippen LogP contribution in [0.4, 0.5) is 0 Å². The quantitative estimate of drug-likeness (QED) is 0.420. The molecule has 0 heteroatoms. The van der Waals surface area contributed by atoms with E-state index in [0.717, 1.165) is 23.7 Å². The van der Waals surface area contributed by atoms with Crippen LogP contribution < -0.4 is 0 Å². The Hall–Kier alpha value is 0. The summed E-state index contributed by atoms with van der Waals surface area (Å²) in [4.78, 5) is 0. The molecule has 17 heavy (non-hydrogen) atoms. The van der Waals surface area contributed by atoms with Gasteiger partial charge in [-0.1, -0.05) is 86.5 Å². The predicted molar refractivity (Wildman–Crippen MR) is 80.3 cm³/mol. The number of rotatable bonds is 10. The van der Waals surface area contributed by atoms with Gasteiger partial charge in [0.25, 0.3) is 0 Å². The molecule has 0 heterocycles. The van der Waals surface area contributed by atoms with Gasteiger partial charge in [0.15, 0.2) is 0 Å². The first-order valence-electron chi connectivity index (χ1n) is 8.12. The van der Waals surface area contributed by atoms with E-state index in [1.807, 2.05) is 0 Å². The van der Waals surface area contributed by atoms with Crippen molar-refractivity contribution in [3.05, 3.63) is 0 Å². The van der Waals surface area contributed by atoms with Crippen LogP contribution in [0, 0.1) is 23.7 Å². The third kappa shape index (κ3) is 5.93. The third-order valence-corrected chi connectivity index (χ3v) is 4.64.